The van der Waals surface area contributed by atoms with E-state index < -0.39 is 4.92 Å². The number of benzene rings is 1. The van der Waals surface area contributed by atoms with Crippen LogP contribution in [0.3, 0.4) is 0 Å². The molecule has 1 aliphatic heterocycles. The molecule has 120 valence electrons. The van der Waals surface area contributed by atoms with Crippen molar-refractivity contribution in [3.05, 3.63) is 38.9 Å². The number of hydrogen-bond acceptors (Lipinski definition) is 4. The van der Waals surface area contributed by atoms with Gasteiger partial charge in [0.2, 0.25) is 0 Å². The summed E-state index contributed by atoms with van der Waals surface area (Å²) < 4.78 is 5.29. The maximum atomic E-state index is 12.0. The Morgan fingerprint density at radius 2 is 2.14 bits per heavy atom. The number of nitrogens with one attached hydrogen (secondary N) is 2. The molecule has 0 atom stereocenters. The maximum absolute atomic E-state index is 12.0. The number of rotatable bonds is 6. The highest BCUT2D eigenvalue weighted by Gasteiger charge is 2.16. The van der Waals surface area contributed by atoms with Crippen molar-refractivity contribution in [2.24, 2.45) is 0 Å². The number of nitrogens with zero attached hydrogens (tertiary/aromatic N) is 1. The molecule has 8 heteroatoms. The molecule has 1 fully saturated rings. The van der Waals surface area contributed by atoms with E-state index in [0.717, 1.165) is 39.3 Å². The lowest BCUT2D eigenvalue weighted by Crippen LogP contribution is -3.14. The average Bonchev–Trinajstić information content (AvgIpc) is 2.52. The van der Waals surface area contributed by atoms with E-state index in [1.807, 2.05) is 0 Å². The van der Waals surface area contributed by atoms with Crippen molar-refractivity contribution in [3.63, 3.8) is 0 Å². The van der Waals surface area contributed by atoms with Crippen LogP contribution in [-0.2, 0) is 4.74 Å². The van der Waals surface area contributed by atoms with Crippen LogP contribution >= 0.6 is 11.6 Å². The summed E-state index contributed by atoms with van der Waals surface area (Å²) in [5.74, 6) is -0.322. The first-order valence-electron chi connectivity index (χ1n) is 7.21. The highest BCUT2D eigenvalue weighted by molar-refractivity contribution is 6.32. The zero-order chi connectivity index (χ0) is 15.9. The van der Waals surface area contributed by atoms with Crippen molar-refractivity contribution < 1.29 is 19.4 Å². The normalized spacial score (nSPS) is 15.5. The van der Waals surface area contributed by atoms with E-state index in [1.54, 1.807) is 0 Å². The predicted molar refractivity (Wildman–Crippen MR) is 81.4 cm³/mol. The van der Waals surface area contributed by atoms with Crippen molar-refractivity contribution in [1.29, 1.82) is 0 Å². The third-order valence-corrected chi connectivity index (χ3v) is 3.92. The molecule has 1 heterocycles. The number of hydrogen-bond donors (Lipinski definition) is 2. The zero-order valence-electron chi connectivity index (χ0n) is 12.1. The lowest BCUT2D eigenvalue weighted by atomic mass is 10.2. The molecule has 0 radical (unpaired) electrons. The van der Waals surface area contributed by atoms with Crippen LogP contribution in [0.2, 0.25) is 5.02 Å². The van der Waals surface area contributed by atoms with E-state index in [0.29, 0.717) is 6.54 Å². The van der Waals surface area contributed by atoms with E-state index in [4.69, 9.17) is 16.3 Å². The number of nitro groups is 1. The van der Waals surface area contributed by atoms with E-state index in [9.17, 15) is 14.9 Å². The van der Waals surface area contributed by atoms with Crippen LogP contribution in [0.25, 0.3) is 0 Å². The number of nitro benzene ring substituents is 1. The molecule has 7 nitrogen and oxygen atoms in total. The zero-order valence-corrected chi connectivity index (χ0v) is 12.9. The predicted octanol–water partition coefficient (Wildman–Crippen LogP) is 0.283. The van der Waals surface area contributed by atoms with E-state index in [-0.39, 0.29) is 22.2 Å². The van der Waals surface area contributed by atoms with Gasteiger partial charge in [-0.2, -0.15) is 0 Å². The Kier molecular flexibility index (Phi) is 6.11. The molecule has 2 rings (SSSR count). The molecule has 1 aromatic rings. The summed E-state index contributed by atoms with van der Waals surface area (Å²) in [4.78, 5) is 23.7. The second kappa shape index (κ2) is 8.07. The topological polar surface area (TPSA) is 85.9 Å². The SMILES string of the molecule is O=C(NCCC[NH+]1CCOCC1)c1ccc(Cl)c([N+](=O)[O-])c1. The number of halogens is 1. The van der Waals surface area contributed by atoms with E-state index in [1.165, 1.54) is 23.1 Å². The second-order valence-corrected chi connectivity index (χ2v) is 5.55. The molecule has 2 N–H and O–H groups in total. The minimum atomic E-state index is -0.596. The average molecular weight is 329 g/mol. The number of morpholine rings is 1. The molecule has 22 heavy (non-hydrogen) atoms. The summed E-state index contributed by atoms with van der Waals surface area (Å²) in [6.45, 7) is 5.09. The summed E-state index contributed by atoms with van der Waals surface area (Å²) in [6.07, 6.45) is 0.858. The molecular formula is C14H19ClN3O4+. The Bertz CT molecular complexity index is 547. The van der Waals surface area contributed by atoms with Crippen molar-refractivity contribution in [1.82, 2.24) is 5.32 Å². The van der Waals surface area contributed by atoms with Gasteiger partial charge in [-0.25, -0.2) is 0 Å². The van der Waals surface area contributed by atoms with E-state index in [2.05, 4.69) is 5.32 Å². The summed E-state index contributed by atoms with van der Waals surface area (Å²) in [7, 11) is 0. The summed E-state index contributed by atoms with van der Waals surface area (Å²) in [6, 6.07) is 4.05. The largest absolute Gasteiger partial charge is 0.370 e. The fraction of sp³-hybridized carbons (Fsp3) is 0.500. The Balaban J connectivity index is 1.79. The third kappa shape index (κ3) is 4.66. The van der Waals surface area contributed by atoms with Crippen molar-refractivity contribution in [3.8, 4) is 0 Å². The molecule has 0 bridgehead atoms. The number of quaternary nitrogens is 1. The van der Waals surface area contributed by atoms with Gasteiger partial charge in [0.1, 0.15) is 18.1 Å². The first kappa shape index (κ1) is 16.7. The highest BCUT2D eigenvalue weighted by atomic mass is 35.5. The Labute approximate surface area is 133 Å². The summed E-state index contributed by atoms with van der Waals surface area (Å²) in [5.41, 5.74) is -0.0121. The van der Waals surface area contributed by atoms with Crippen LogP contribution in [0.4, 0.5) is 5.69 Å². The van der Waals surface area contributed by atoms with E-state index >= 15 is 0 Å². The van der Waals surface area contributed by atoms with Gasteiger partial charge in [0.05, 0.1) is 24.7 Å². The van der Waals surface area contributed by atoms with Gasteiger partial charge in [-0.3, -0.25) is 14.9 Å². The maximum Gasteiger partial charge on any atom is 0.288 e. The molecular weight excluding hydrogens is 310 g/mol. The molecule has 0 saturated carbocycles. The third-order valence-electron chi connectivity index (χ3n) is 3.60. The standard InChI is InChI=1S/C14H18ClN3O4/c15-12-3-2-11(10-13(12)18(20)21)14(19)16-4-1-5-17-6-8-22-9-7-17/h2-3,10H,1,4-9H2,(H,16,19)/p+1. The molecule has 1 aliphatic rings. The van der Waals surface area contributed by atoms with Crippen LogP contribution in [0.5, 0.6) is 0 Å². The van der Waals surface area contributed by atoms with Gasteiger partial charge in [-0.05, 0) is 12.1 Å². The number of ether oxygens (including phenoxy) is 1. The van der Waals surface area contributed by atoms with Crippen molar-refractivity contribution in [2.75, 3.05) is 39.4 Å². The van der Waals surface area contributed by atoms with Gasteiger partial charge in [0, 0.05) is 24.6 Å². The fourth-order valence-corrected chi connectivity index (χ4v) is 2.53. The van der Waals surface area contributed by atoms with Crippen molar-refractivity contribution >= 4 is 23.2 Å². The van der Waals surface area contributed by atoms with Crippen LogP contribution in [0.15, 0.2) is 18.2 Å². The molecule has 0 aromatic heterocycles. The number of carbonyl (C=O) groups is 1. The first-order valence-corrected chi connectivity index (χ1v) is 7.59. The smallest absolute Gasteiger partial charge is 0.288 e. The van der Waals surface area contributed by atoms with Crippen LogP contribution < -0.4 is 10.2 Å². The van der Waals surface area contributed by atoms with Crippen LogP contribution in [0, 0.1) is 10.1 Å². The summed E-state index contributed by atoms with van der Waals surface area (Å²) in [5, 5.41) is 13.6. The van der Waals surface area contributed by atoms with Gasteiger partial charge >= 0.3 is 0 Å². The highest BCUT2D eigenvalue weighted by Crippen LogP contribution is 2.24. The molecule has 0 unspecified atom stereocenters. The van der Waals surface area contributed by atoms with Gasteiger partial charge in [0.15, 0.2) is 0 Å². The summed E-state index contributed by atoms with van der Waals surface area (Å²) >= 11 is 5.72. The first-order chi connectivity index (χ1) is 10.6. The minimum Gasteiger partial charge on any atom is -0.370 e. The Hall–Kier alpha value is -1.70. The minimum absolute atomic E-state index is 0.0254. The lowest BCUT2D eigenvalue weighted by Gasteiger charge is -2.23. The second-order valence-electron chi connectivity index (χ2n) is 5.15. The quantitative estimate of drug-likeness (QED) is 0.446. The van der Waals surface area contributed by atoms with Gasteiger partial charge in [-0.1, -0.05) is 11.6 Å². The number of carbonyl (C=O) groups excluding carboxylic acids is 1. The monoisotopic (exact) mass is 328 g/mol. The van der Waals surface area contributed by atoms with Crippen molar-refractivity contribution in [2.45, 2.75) is 6.42 Å². The fourth-order valence-electron chi connectivity index (χ4n) is 2.35. The number of amides is 1. The Morgan fingerprint density at radius 1 is 1.41 bits per heavy atom. The molecule has 0 aliphatic carbocycles. The van der Waals surface area contributed by atoms with Crippen LogP contribution in [0.1, 0.15) is 16.8 Å². The molecule has 1 saturated heterocycles. The molecule has 1 amide bonds. The lowest BCUT2D eigenvalue weighted by molar-refractivity contribution is -0.908. The molecule has 0 spiro atoms. The van der Waals surface area contributed by atoms with Gasteiger partial charge in [0.25, 0.3) is 11.6 Å². The Morgan fingerprint density at radius 3 is 2.82 bits per heavy atom. The van der Waals surface area contributed by atoms with Crippen LogP contribution in [-0.4, -0.2) is 50.2 Å². The van der Waals surface area contributed by atoms with Gasteiger partial charge < -0.3 is 15.0 Å². The van der Waals surface area contributed by atoms with Gasteiger partial charge in [-0.15, -0.1) is 0 Å². The molecule has 1 aromatic carbocycles.